The number of carbonyl (C=O) groups is 2. The summed E-state index contributed by atoms with van der Waals surface area (Å²) in [6.07, 6.45) is 1.67. The highest BCUT2D eigenvalue weighted by molar-refractivity contribution is 6.46. The number of fused-ring (bicyclic) bond motifs is 1. The summed E-state index contributed by atoms with van der Waals surface area (Å²) in [6.45, 7) is 1.01. The quantitative estimate of drug-likeness (QED) is 0.417. The summed E-state index contributed by atoms with van der Waals surface area (Å²) < 4.78 is 10.7. The molecule has 1 fully saturated rings. The summed E-state index contributed by atoms with van der Waals surface area (Å²) in [5.74, 6) is -1.13. The van der Waals surface area contributed by atoms with Crippen molar-refractivity contribution in [3.8, 4) is 11.5 Å². The van der Waals surface area contributed by atoms with E-state index in [1.807, 2.05) is 0 Å². The van der Waals surface area contributed by atoms with Crippen molar-refractivity contribution in [3.05, 3.63) is 63.7 Å². The Balaban J connectivity index is 1.85. The summed E-state index contributed by atoms with van der Waals surface area (Å²) in [6, 6.07) is 8.81. The molecule has 0 bridgehead atoms. The molecule has 2 N–H and O–H groups in total. The predicted molar refractivity (Wildman–Crippen MR) is 114 cm³/mol. The predicted octanol–water partition coefficient (Wildman–Crippen LogP) is 3.44. The number of likely N-dealkylation sites (tertiary alicyclic amines) is 1. The van der Waals surface area contributed by atoms with Crippen LogP contribution in [-0.2, 0) is 20.7 Å². The summed E-state index contributed by atoms with van der Waals surface area (Å²) in [4.78, 5) is 27.1. The Morgan fingerprint density at radius 3 is 2.81 bits per heavy atom. The molecular weight excluding hydrogens is 422 g/mol. The fourth-order valence-corrected chi connectivity index (χ4v) is 4.19. The number of halogens is 1. The van der Waals surface area contributed by atoms with Gasteiger partial charge in [-0.15, -0.1) is 0 Å². The molecule has 0 saturated carbocycles. The molecule has 2 aliphatic rings. The lowest BCUT2D eigenvalue weighted by molar-refractivity contribution is -0.140. The van der Waals surface area contributed by atoms with Gasteiger partial charge in [-0.2, -0.15) is 0 Å². The van der Waals surface area contributed by atoms with Gasteiger partial charge in [0.15, 0.2) is 0 Å². The van der Waals surface area contributed by atoms with Crippen LogP contribution in [0.4, 0.5) is 0 Å². The highest BCUT2D eigenvalue weighted by atomic mass is 35.5. The van der Waals surface area contributed by atoms with E-state index in [0.29, 0.717) is 17.7 Å². The van der Waals surface area contributed by atoms with Crippen molar-refractivity contribution in [2.45, 2.75) is 18.9 Å². The number of rotatable bonds is 5. The van der Waals surface area contributed by atoms with Crippen molar-refractivity contribution in [2.24, 2.45) is 0 Å². The zero-order valence-electron chi connectivity index (χ0n) is 16.9. The lowest BCUT2D eigenvalue weighted by Crippen LogP contribution is -2.32. The van der Waals surface area contributed by atoms with Crippen LogP contribution < -0.4 is 4.74 Å². The first-order valence-electron chi connectivity index (χ1n) is 9.94. The molecule has 2 heterocycles. The maximum absolute atomic E-state index is 13.0. The number of aromatic hydroxyl groups is 1. The van der Waals surface area contributed by atoms with E-state index in [-0.39, 0.29) is 35.3 Å². The van der Waals surface area contributed by atoms with Gasteiger partial charge in [-0.3, -0.25) is 9.59 Å². The van der Waals surface area contributed by atoms with Gasteiger partial charge in [-0.1, -0.05) is 17.7 Å². The number of ether oxygens (including phenoxy) is 2. The third-order valence-corrected chi connectivity index (χ3v) is 5.85. The van der Waals surface area contributed by atoms with Gasteiger partial charge in [0, 0.05) is 19.2 Å². The number of aliphatic hydroxyl groups is 1. The first kappa shape index (κ1) is 21.2. The Morgan fingerprint density at radius 2 is 2.06 bits per heavy atom. The number of methoxy groups -OCH3 is 1. The average Bonchev–Trinajstić information content (AvgIpc) is 3.03. The van der Waals surface area contributed by atoms with Crippen molar-refractivity contribution < 1.29 is 29.3 Å². The van der Waals surface area contributed by atoms with E-state index in [1.54, 1.807) is 24.3 Å². The summed E-state index contributed by atoms with van der Waals surface area (Å²) >= 11 is 6.09. The van der Waals surface area contributed by atoms with Gasteiger partial charge < -0.3 is 24.6 Å². The van der Waals surface area contributed by atoms with Crippen molar-refractivity contribution in [1.82, 2.24) is 4.90 Å². The lowest BCUT2D eigenvalue weighted by atomic mass is 9.94. The maximum atomic E-state index is 13.0. The van der Waals surface area contributed by atoms with Crippen LogP contribution in [-0.4, -0.2) is 53.7 Å². The van der Waals surface area contributed by atoms with Crippen molar-refractivity contribution >= 4 is 29.1 Å². The highest BCUT2D eigenvalue weighted by Crippen LogP contribution is 2.41. The molecule has 0 radical (unpaired) electrons. The summed E-state index contributed by atoms with van der Waals surface area (Å²) in [7, 11) is 1.50. The number of aliphatic hydroxyl groups excluding tert-OH is 1. The maximum Gasteiger partial charge on any atom is 0.295 e. The second kappa shape index (κ2) is 8.61. The first-order valence-corrected chi connectivity index (χ1v) is 10.3. The van der Waals surface area contributed by atoms with E-state index in [9.17, 15) is 19.8 Å². The fraction of sp³-hybridized carbons (Fsp3) is 0.304. The Bertz CT molecular complexity index is 1080. The fourth-order valence-electron chi connectivity index (χ4n) is 4.00. The highest BCUT2D eigenvalue weighted by Gasteiger charge is 2.46. The normalized spacial score (nSPS) is 19.9. The molecule has 162 valence electrons. The number of benzene rings is 2. The Hall–Kier alpha value is -3.03. The Morgan fingerprint density at radius 1 is 1.26 bits per heavy atom. The van der Waals surface area contributed by atoms with Crippen molar-refractivity contribution in [3.63, 3.8) is 0 Å². The molecule has 31 heavy (non-hydrogen) atoms. The van der Waals surface area contributed by atoms with Crippen molar-refractivity contribution in [2.75, 3.05) is 26.9 Å². The molecule has 4 rings (SSSR count). The molecule has 1 saturated heterocycles. The average molecular weight is 444 g/mol. The third-order valence-electron chi connectivity index (χ3n) is 5.55. The number of aryl methyl sites for hydroxylation is 1. The standard InChI is InChI=1S/C23H22ClNO6/c1-30-10-8-25-20(14-4-6-17(26)16(24)12-14)19(22(28)23(25)29)21(27)15-5-7-18-13(11-15)3-2-9-31-18/h4-7,11-12,20,26-27H,2-3,8-10H2,1H3/b21-19-. The monoisotopic (exact) mass is 443 g/mol. The van der Waals surface area contributed by atoms with Gasteiger partial charge in [0.05, 0.1) is 29.9 Å². The van der Waals surface area contributed by atoms with Gasteiger partial charge in [0.1, 0.15) is 17.3 Å². The SMILES string of the molecule is COCCN1C(=O)C(=O)/C(=C(\O)c2ccc3c(c2)CCCO3)C1c1ccc(O)c(Cl)c1. The minimum absolute atomic E-state index is 0.0282. The van der Waals surface area contributed by atoms with Crippen LogP contribution in [0.5, 0.6) is 11.5 Å². The van der Waals surface area contributed by atoms with Gasteiger partial charge in [-0.05, 0) is 54.3 Å². The van der Waals surface area contributed by atoms with Gasteiger partial charge in [0.25, 0.3) is 11.7 Å². The van der Waals surface area contributed by atoms with Crippen LogP contribution in [0.1, 0.15) is 29.2 Å². The molecule has 0 aromatic heterocycles. The smallest absolute Gasteiger partial charge is 0.295 e. The molecule has 8 heteroatoms. The lowest BCUT2D eigenvalue weighted by Gasteiger charge is -2.25. The third kappa shape index (κ3) is 3.86. The molecule has 7 nitrogen and oxygen atoms in total. The zero-order valence-corrected chi connectivity index (χ0v) is 17.7. The minimum Gasteiger partial charge on any atom is -0.507 e. The summed E-state index contributed by atoms with van der Waals surface area (Å²) in [5, 5.41) is 21.0. The van der Waals surface area contributed by atoms with Crippen LogP contribution in [0.15, 0.2) is 42.0 Å². The van der Waals surface area contributed by atoms with E-state index in [2.05, 4.69) is 0 Å². The number of Topliss-reactive ketones (excluding diaryl/α,β-unsaturated/α-hetero) is 1. The van der Waals surface area contributed by atoms with Gasteiger partial charge in [0.2, 0.25) is 0 Å². The van der Waals surface area contributed by atoms with Gasteiger partial charge >= 0.3 is 0 Å². The number of hydrogen-bond acceptors (Lipinski definition) is 6. The van der Waals surface area contributed by atoms with Crippen LogP contribution in [0, 0.1) is 0 Å². The number of nitrogens with zero attached hydrogens (tertiary/aromatic N) is 1. The number of carbonyl (C=O) groups excluding carboxylic acids is 2. The number of ketones is 1. The second-order valence-corrected chi connectivity index (χ2v) is 7.88. The molecule has 2 aromatic rings. The van der Waals surface area contributed by atoms with E-state index in [0.717, 1.165) is 24.2 Å². The number of phenolic OH excluding ortho intramolecular Hbond substituents is 1. The topological polar surface area (TPSA) is 96.3 Å². The zero-order chi connectivity index (χ0) is 22.1. The molecule has 1 unspecified atom stereocenters. The molecule has 1 amide bonds. The van der Waals surface area contributed by atoms with Crippen LogP contribution >= 0.6 is 11.6 Å². The van der Waals surface area contributed by atoms with Gasteiger partial charge in [-0.25, -0.2) is 0 Å². The van der Waals surface area contributed by atoms with Crippen molar-refractivity contribution in [1.29, 1.82) is 0 Å². The molecule has 0 spiro atoms. The van der Waals surface area contributed by atoms with Crippen LogP contribution in [0.3, 0.4) is 0 Å². The molecule has 2 aromatic carbocycles. The van der Waals surface area contributed by atoms with E-state index >= 15 is 0 Å². The van der Waals surface area contributed by atoms with Crippen LogP contribution in [0.2, 0.25) is 5.02 Å². The van der Waals surface area contributed by atoms with E-state index < -0.39 is 17.7 Å². The van der Waals surface area contributed by atoms with E-state index in [1.165, 1.54) is 24.1 Å². The first-order chi connectivity index (χ1) is 14.9. The number of phenols is 1. The molecule has 0 aliphatic carbocycles. The molecule has 1 atom stereocenters. The Labute approximate surface area is 184 Å². The Kier molecular flexibility index (Phi) is 5.89. The number of amides is 1. The second-order valence-electron chi connectivity index (χ2n) is 7.47. The molecule has 2 aliphatic heterocycles. The van der Waals surface area contributed by atoms with E-state index in [4.69, 9.17) is 21.1 Å². The minimum atomic E-state index is -0.861. The number of hydrogen-bond donors (Lipinski definition) is 2. The summed E-state index contributed by atoms with van der Waals surface area (Å²) in [5.41, 5.74) is 1.84. The molecular formula is C23H22ClNO6. The largest absolute Gasteiger partial charge is 0.507 e. The van der Waals surface area contributed by atoms with Crippen LogP contribution in [0.25, 0.3) is 5.76 Å².